The van der Waals surface area contributed by atoms with Crippen LogP contribution in [0.25, 0.3) is 0 Å². The molecular weight excluding hydrogens is 344 g/mol. The van der Waals surface area contributed by atoms with Crippen molar-refractivity contribution in [3.05, 3.63) is 35.4 Å². The quantitative estimate of drug-likeness (QED) is 0.416. The topological polar surface area (TPSA) is 56.7 Å². The van der Waals surface area contributed by atoms with Crippen LogP contribution in [-0.4, -0.2) is 54.7 Å². The smallest absolute Gasteiger partial charge is 0.222 e. The first-order valence-electron chi connectivity index (χ1n) is 9.58. The third-order valence-electron chi connectivity index (χ3n) is 4.42. The highest BCUT2D eigenvalue weighted by Crippen LogP contribution is 2.13. The summed E-state index contributed by atoms with van der Waals surface area (Å²) in [6, 6.07) is 9.01. The molecule has 0 bridgehead atoms. The summed E-state index contributed by atoms with van der Waals surface area (Å²) in [5, 5.41) is 6.78. The van der Waals surface area contributed by atoms with E-state index in [4.69, 9.17) is 0 Å². The van der Waals surface area contributed by atoms with Crippen LogP contribution in [-0.2, 0) is 10.5 Å². The molecule has 1 aromatic carbocycles. The molecule has 1 aliphatic heterocycles. The van der Waals surface area contributed by atoms with E-state index < -0.39 is 0 Å². The van der Waals surface area contributed by atoms with Gasteiger partial charge in [0.15, 0.2) is 5.96 Å². The third-order valence-corrected chi connectivity index (χ3v) is 5.43. The van der Waals surface area contributed by atoms with E-state index in [1.165, 1.54) is 11.1 Å². The van der Waals surface area contributed by atoms with Crippen LogP contribution in [0.15, 0.2) is 29.3 Å². The van der Waals surface area contributed by atoms with Crippen molar-refractivity contribution < 1.29 is 4.79 Å². The van der Waals surface area contributed by atoms with Gasteiger partial charge in [0.05, 0.1) is 6.54 Å². The van der Waals surface area contributed by atoms with Gasteiger partial charge in [0.25, 0.3) is 0 Å². The number of hydrogen-bond acceptors (Lipinski definition) is 3. The van der Waals surface area contributed by atoms with Crippen LogP contribution < -0.4 is 10.6 Å². The number of thioether (sulfide) groups is 1. The average molecular weight is 377 g/mol. The van der Waals surface area contributed by atoms with Crippen molar-refractivity contribution in [3.8, 4) is 0 Å². The van der Waals surface area contributed by atoms with Gasteiger partial charge < -0.3 is 15.5 Å². The minimum absolute atomic E-state index is 0.240. The lowest BCUT2D eigenvalue weighted by molar-refractivity contribution is -0.129. The van der Waals surface area contributed by atoms with E-state index >= 15 is 0 Å². The van der Waals surface area contributed by atoms with E-state index in [1.807, 2.05) is 23.6 Å². The molecule has 26 heavy (non-hydrogen) atoms. The van der Waals surface area contributed by atoms with Gasteiger partial charge >= 0.3 is 0 Å². The highest BCUT2D eigenvalue weighted by atomic mass is 32.2. The fourth-order valence-electron chi connectivity index (χ4n) is 2.94. The Hall–Kier alpha value is -1.69. The summed E-state index contributed by atoms with van der Waals surface area (Å²) >= 11 is 1.91. The molecule has 2 rings (SSSR count). The van der Waals surface area contributed by atoms with Crippen LogP contribution >= 0.6 is 11.8 Å². The Morgan fingerprint density at radius 3 is 2.77 bits per heavy atom. The lowest BCUT2D eigenvalue weighted by Crippen LogP contribution is -2.45. The van der Waals surface area contributed by atoms with Gasteiger partial charge in [0, 0.05) is 43.6 Å². The molecule has 1 heterocycles. The molecule has 1 saturated heterocycles. The van der Waals surface area contributed by atoms with Gasteiger partial charge in [0.2, 0.25) is 5.91 Å². The van der Waals surface area contributed by atoms with Crippen molar-refractivity contribution in [3.63, 3.8) is 0 Å². The Morgan fingerprint density at radius 2 is 2.08 bits per heavy atom. The number of nitrogens with one attached hydrogen (secondary N) is 2. The predicted octanol–water partition coefficient (Wildman–Crippen LogP) is 2.79. The molecule has 1 unspecified atom stereocenters. The van der Waals surface area contributed by atoms with Gasteiger partial charge in [-0.3, -0.25) is 9.79 Å². The average Bonchev–Trinajstić information content (AvgIpc) is 3.11. The number of aliphatic imine (C=N–C) groups is 1. The number of benzene rings is 1. The minimum atomic E-state index is 0.240. The molecular formula is C20H32N4OS. The lowest BCUT2D eigenvalue weighted by atomic mass is 10.2. The Morgan fingerprint density at radius 1 is 1.31 bits per heavy atom. The lowest BCUT2D eigenvalue weighted by Gasteiger charge is -2.18. The minimum Gasteiger partial charge on any atom is -0.357 e. The number of guanidine groups is 1. The van der Waals surface area contributed by atoms with Gasteiger partial charge in [0.1, 0.15) is 0 Å². The molecule has 1 aliphatic rings. The molecule has 6 heteroatoms. The molecule has 1 aromatic rings. The fraction of sp³-hybridized carbons (Fsp3) is 0.600. The SMILES string of the molecule is CCNC(=NCCSCc1ccc(C)cc1)NC1CCN(C(=O)CC)C1. The molecule has 0 radical (unpaired) electrons. The van der Waals surface area contributed by atoms with Gasteiger partial charge in [-0.1, -0.05) is 36.8 Å². The molecule has 0 aliphatic carbocycles. The summed E-state index contributed by atoms with van der Waals surface area (Å²) in [6.07, 6.45) is 1.57. The van der Waals surface area contributed by atoms with Crippen LogP contribution in [0, 0.1) is 6.92 Å². The monoisotopic (exact) mass is 376 g/mol. The Balaban J connectivity index is 1.72. The van der Waals surface area contributed by atoms with Crippen LogP contribution in [0.1, 0.15) is 37.8 Å². The molecule has 1 amide bonds. The maximum absolute atomic E-state index is 11.8. The largest absolute Gasteiger partial charge is 0.357 e. The summed E-state index contributed by atoms with van der Waals surface area (Å²) < 4.78 is 0. The standard InChI is InChI=1S/C20H32N4OS/c1-4-19(25)24-12-10-18(14-24)23-20(21-5-2)22-11-13-26-15-17-8-6-16(3)7-9-17/h6-9,18H,4-5,10-15H2,1-3H3,(H2,21,22,23). The highest BCUT2D eigenvalue weighted by Gasteiger charge is 2.25. The first kappa shape index (κ1) is 20.6. The number of aryl methyl sites for hydroxylation is 1. The van der Waals surface area contributed by atoms with Crippen molar-refractivity contribution in [2.24, 2.45) is 4.99 Å². The summed E-state index contributed by atoms with van der Waals surface area (Å²) in [7, 11) is 0. The number of amides is 1. The van der Waals surface area contributed by atoms with Crippen molar-refractivity contribution >= 4 is 23.6 Å². The van der Waals surface area contributed by atoms with Crippen LogP contribution in [0.5, 0.6) is 0 Å². The second-order valence-corrected chi connectivity index (χ2v) is 7.73. The number of hydrogen-bond donors (Lipinski definition) is 2. The Bertz CT molecular complexity index is 588. The number of carbonyl (C=O) groups excluding carboxylic acids is 1. The van der Waals surface area contributed by atoms with Crippen molar-refractivity contribution in [2.45, 2.75) is 45.4 Å². The van der Waals surface area contributed by atoms with Crippen LogP contribution in [0.2, 0.25) is 0 Å². The van der Waals surface area contributed by atoms with E-state index in [2.05, 4.69) is 53.7 Å². The summed E-state index contributed by atoms with van der Waals surface area (Å²) in [4.78, 5) is 18.4. The summed E-state index contributed by atoms with van der Waals surface area (Å²) in [5.41, 5.74) is 2.66. The summed E-state index contributed by atoms with van der Waals surface area (Å²) in [5.74, 6) is 3.12. The molecule has 2 N–H and O–H groups in total. The molecule has 5 nitrogen and oxygen atoms in total. The Kier molecular flexibility index (Phi) is 8.81. The molecule has 0 aromatic heterocycles. The van der Waals surface area contributed by atoms with E-state index in [1.54, 1.807) is 0 Å². The second kappa shape index (κ2) is 11.1. The fourth-order valence-corrected chi connectivity index (χ4v) is 3.73. The number of carbonyl (C=O) groups is 1. The van der Waals surface area contributed by atoms with Gasteiger partial charge in [-0.15, -0.1) is 0 Å². The number of likely N-dealkylation sites (tertiary alicyclic amines) is 1. The zero-order chi connectivity index (χ0) is 18.8. The summed E-state index contributed by atoms with van der Waals surface area (Å²) in [6.45, 7) is 9.36. The normalized spacial score (nSPS) is 17.4. The van der Waals surface area contributed by atoms with Crippen molar-refractivity contribution in [1.82, 2.24) is 15.5 Å². The van der Waals surface area contributed by atoms with Gasteiger partial charge in [-0.2, -0.15) is 11.8 Å². The van der Waals surface area contributed by atoms with Gasteiger partial charge in [-0.25, -0.2) is 0 Å². The predicted molar refractivity (Wildman–Crippen MR) is 112 cm³/mol. The molecule has 0 saturated carbocycles. The maximum atomic E-state index is 11.8. The highest BCUT2D eigenvalue weighted by molar-refractivity contribution is 7.98. The molecule has 144 valence electrons. The maximum Gasteiger partial charge on any atom is 0.222 e. The van der Waals surface area contributed by atoms with E-state index in [9.17, 15) is 4.79 Å². The van der Waals surface area contributed by atoms with Crippen LogP contribution in [0.4, 0.5) is 0 Å². The number of nitrogens with zero attached hydrogens (tertiary/aromatic N) is 2. The second-order valence-electron chi connectivity index (χ2n) is 6.62. The molecule has 0 spiro atoms. The Labute approximate surface area is 162 Å². The first-order chi connectivity index (χ1) is 12.6. The van der Waals surface area contributed by atoms with Crippen LogP contribution in [0.3, 0.4) is 0 Å². The third kappa shape index (κ3) is 6.90. The van der Waals surface area contributed by atoms with E-state index in [0.29, 0.717) is 12.5 Å². The first-order valence-corrected chi connectivity index (χ1v) is 10.7. The van der Waals surface area contributed by atoms with Crippen molar-refractivity contribution in [2.75, 3.05) is 31.9 Å². The van der Waals surface area contributed by atoms with E-state index in [0.717, 1.165) is 50.1 Å². The zero-order valence-electron chi connectivity index (χ0n) is 16.3. The van der Waals surface area contributed by atoms with Gasteiger partial charge in [-0.05, 0) is 25.8 Å². The number of rotatable bonds is 8. The van der Waals surface area contributed by atoms with E-state index in [-0.39, 0.29) is 5.91 Å². The molecule has 1 atom stereocenters. The molecule has 1 fully saturated rings. The zero-order valence-corrected chi connectivity index (χ0v) is 17.1. The van der Waals surface area contributed by atoms with Crippen molar-refractivity contribution in [1.29, 1.82) is 0 Å².